The monoisotopic (exact) mass is 805 g/mol. The van der Waals surface area contributed by atoms with Gasteiger partial charge in [-0.2, -0.15) is 10.1 Å². The summed E-state index contributed by atoms with van der Waals surface area (Å²) in [6.07, 6.45) is 6.34. The lowest BCUT2D eigenvalue weighted by molar-refractivity contribution is -0.283. The Balaban J connectivity index is 1.00. The van der Waals surface area contributed by atoms with Gasteiger partial charge in [-0.1, -0.05) is 0 Å². The summed E-state index contributed by atoms with van der Waals surface area (Å²) in [5.74, 6) is -1.07. The number of ether oxygens (including phenoxy) is 6. The van der Waals surface area contributed by atoms with Gasteiger partial charge in [0.05, 0.1) is 51.8 Å². The Morgan fingerprint density at radius 1 is 0.544 bits per heavy atom. The van der Waals surface area contributed by atoms with Gasteiger partial charge in [-0.05, 0) is 108 Å². The van der Waals surface area contributed by atoms with Gasteiger partial charge in [0.2, 0.25) is 0 Å². The van der Waals surface area contributed by atoms with Crippen molar-refractivity contribution in [1.82, 2.24) is 19.9 Å². The first-order valence-corrected chi connectivity index (χ1v) is 21.7. The van der Waals surface area contributed by atoms with Crippen LogP contribution in [0.2, 0.25) is 0 Å². The molecule has 6 atom stereocenters. The molecule has 8 heterocycles. The summed E-state index contributed by atoms with van der Waals surface area (Å²) in [4.78, 5) is 43.3. The number of carbonyl (C=O) groups excluding carboxylic acids is 2. The molecule has 0 aromatic carbocycles. The van der Waals surface area contributed by atoms with Crippen LogP contribution in [0.15, 0.2) is 0 Å². The molecule has 0 amide bonds. The van der Waals surface area contributed by atoms with Crippen molar-refractivity contribution < 1.29 is 47.7 Å². The predicted molar refractivity (Wildman–Crippen MR) is 209 cm³/mol. The quantitative estimate of drug-likeness (QED) is 0.239. The predicted octanol–water partition coefficient (Wildman–Crippen LogP) is 5.11. The standard InChI is InChI=1S/C43H72N4O10/c1-36(2)14-28(15-37(3,4)46(36)50-11)52-24-32-22-44-40(9,56-32)18-30-20-42(44)26-43(27-42)21-31(55-35(49)13-34(48)54-30)19-41(10)45(43)23-33(57-41)25-53-29-16-38(5,6)47(51-12)39(7,8)17-29/h28-33H,13-27H2,1-12H3. The Hall–Kier alpha value is -1.46. The zero-order valence-electron chi connectivity index (χ0n) is 36.9. The maximum atomic E-state index is 13.2. The third-order valence-electron chi connectivity index (χ3n) is 15.0. The van der Waals surface area contributed by atoms with Crippen molar-refractivity contribution in [2.75, 3.05) is 40.5 Å². The van der Waals surface area contributed by atoms with E-state index in [1.54, 1.807) is 14.2 Å². The zero-order chi connectivity index (χ0) is 41.2. The normalized spacial score (nSPS) is 43.6. The Labute approximate surface area is 340 Å². The fourth-order valence-corrected chi connectivity index (χ4v) is 14.3. The maximum Gasteiger partial charge on any atom is 0.317 e. The molecule has 9 aliphatic rings. The summed E-state index contributed by atoms with van der Waals surface area (Å²) in [6.45, 7) is 24.5. The van der Waals surface area contributed by atoms with E-state index in [1.165, 1.54) is 0 Å². The van der Waals surface area contributed by atoms with Gasteiger partial charge in [0.1, 0.15) is 30.1 Å². The van der Waals surface area contributed by atoms with Gasteiger partial charge in [0.15, 0.2) is 0 Å². The molecule has 6 unspecified atom stereocenters. The van der Waals surface area contributed by atoms with Crippen molar-refractivity contribution in [3.63, 3.8) is 0 Å². The number of esters is 2. The molecule has 0 aromatic heterocycles. The van der Waals surface area contributed by atoms with Crippen LogP contribution >= 0.6 is 0 Å². The fourth-order valence-electron chi connectivity index (χ4n) is 14.3. The van der Waals surface area contributed by atoms with Crippen LogP contribution < -0.4 is 0 Å². The Morgan fingerprint density at radius 2 is 0.895 bits per heavy atom. The molecule has 2 spiro atoms. The number of nitrogens with zero attached hydrogens (tertiary/aromatic N) is 4. The summed E-state index contributed by atoms with van der Waals surface area (Å²) in [5, 5.41) is 4.21. The Morgan fingerprint density at radius 3 is 1.23 bits per heavy atom. The van der Waals surface area contributed by atoms with E-state index in [2.05, 4.69) is 89.2 Å². The Kier molecular flexibility index (Phi) is 10.4. The summed E-state index contributed by atoms with van der Waals surface area (Å²) < 4.78 is 39.6. The van der Waals surface area contributed by atoms with E-state index in [4.69, 9.17) is 38.1 Å². The van der Waals surface area contributed by atoms with Crippen LogP contribution in [-0.4, -0.2) is 154 Å². The maximum absolute atomic E-state index is 13.2. The highest BCUT2D eigenvalue weighted by atomic mass is 16.7. The summed E-state index contributed by atoms with van der Waals surface area (Å²) in [7, 11) is 3.50. The third kappa shape index (κ3) is 7.41. The lowest BCUT2D eigenvalue weighted by Crippen LogP contribution is -2.79. The molecule has 324 valence electrons. The van der Waals surface area contributed by atoms with Gasteiger partial charge < -0.3 is 38.1 Å². The second kappa shape index (κ2) is 14.0. The molecule has 57 heavy (non-hydrogen) atoms. The van der Waals surface area contributed by atoms with E-state index in [-0.39, 0.29) is 69.9 Å². The molecular formula is C43H72N4O10. The number of carbonyl (C=O) groups is 2. The molecule has 0 radical (unpaired) electrons. The topological polar surface area (TPSA) is 121 Å². The number of fused-ring (bicyclic) bond motifs is 6. The molecule has 0 N–H and O–H groups in total. The van der Waals surface area contributed by atoms with E-state index in [0.717, 1.165) is 51.6 Å². The molecule has 8 aliphatic heterocycles. The molecule has 1 aliphatic carbocycles. The van der Waals surface area contributed by atoms with Crippen molar-refractivity contribution >= 4 is 11.9 Å². The smallest absolute Gasteiger partial charge is 0.317 e. The first-order valence-electron chi connectivity index (χ1n) is 21.7. The fraction of sp³-hybridized carbons (Fsp3) is 0.953. The second-order valence-corrected chi connectivity index (χ2v) is 22.0. The summed E-state index contributed by atoms with van der Waals surface area (Å²) in [5.41, 5.74) is -2.50. The van der Waals surface area contributed by atoms with Gasteiger partial charge in [-0.15, -0.1) is 0 Å². The highest BCUT2D eigenvalue weighted by Gasteiger charge is 2.72. The van der Waals surface area contributed by atoms with Crippen LogP contribution in [0.1, 0.15) is 140 Å². The third-order valence-corrected chi connectivity index (χ3v) is 15.0. The lowest BCUT2D eigenvalue weighted by atomic mass is 9.53. The van der Waals surface area contributed by atoms with Gasteiger partial charge >= 0.3 is 11.9 Å². The molecule has 14 nitrogen and oxygen atoms in total. The molecule has 4 bridgehead atoms. The molecule has 1 saturated carbocycles. The number of piperidine rings is 4. The second-order valence-electron chi connectivity index (χ2n) is 22.0. The summed E-state index contributed by atoms with van der Waals surface area (Å²) in [6, 6.07) is 0. The minimum atomic E-state index is -0.642. The average Bonchev–Trinajstić information content (AvgIpc) is 3.56. The SMILES string of the molecule is CON1C(C)(C)CC(OCC2CN3C45CC(CC3(C)O2)OC(=O)CC(=O)OC2CC(C4)(C5)N3CC(COC4CC(C)(C)N(OC)C(C)(C)C4)OC3(C)C2)CC1(C)C. The van der Waals surface area contributed by atoms with Crippen LogP contribution in [0.3, 0.4) is 0 Å². The highest BCUT2D eigenvalue weighted by Crippen LogP contribution is 2.64. The van der Waals surface area contributed by atoms with Gasteiger partial charge in [-0.25, -0.2) is 0 Å². The average molecular weight is 805 g/mol. The van der Waals surface area contributed by atoms with Gasteiger partial charge in [0.25, 0.3) is 0 Å². The van der Waals surface area contributed by atoms with Crippen molar-refractivity contribution in [2.45, 2.75) is 221 Å². The largest absolute Gasteiger partial charge is 0.462 e. The first-order chi connectivity index (χ1) is 26.4. The van der Waals surface area contributed by atoms with E-state index in [9.17, 15) is 9.59 Å². The van der Waals surface area contributed by atoms with Crippen molar-refractivity contribution in [1.29, 1.82) is 0 Å². The Bertz CT molecular complexity index is 1420. The molecular weight excluding hydrogens is 732 g/mol. The number of hydrogen-bond acceptors (Lipinski definition) is 14. The summed E-state index contributed by atoms with van der Waals surface area (Å²) >= 11 is 0. The van der Waals surface area contributed by atoms with Crippen LogP contribution in [0.25, 0.3) is 0 Å². The van der Waals surface area contributed by atoms with Gasteiger partial charge in [-0.3, -0.25) is 19.4 Å². The van der Waals surface area contributed by atoms with Crippen LogP contribution in [0.5, 0.6) is 0 Å². The van der Waals surface area contributed by atoms with E-state index >= 15 is 0 Å². The van der Waals surface area contributed by atoms with Crippen LogP contribution in [-0.2, 0) is 47.7 Å². The van der Waals surface area contributed by atoms with Crippen molar-refractivity contribution in [2.24, 2.45) is 0 Å². The van der Waals surface area contributed by atoms with Crippen LogP contribution in [0.4, 0.5) is 0 Å². The minimum absolute atomic E-state index is 0.0734. The number of hydrogen-bond donors (Lipinski definition) is 0. The minimum Gasteiger partial charge on any atom is -0.462 e. The zero-order valence-corrected chi connectivity index (χ0v) is 36.9. The first kappa shape index (κ1) is 42.2. The molecule has 0 aromatic rings. The molecule has 8 saturated heterocycles. The lowest BCUT2D eigenvalue weighted by Gasteiger charge is -2.70. The molecule has 9 fully saturated rings. The van der Waals surface area contributed by atoms with E-state index in [0.29, 0.717) is 38.9 Å². The van der Waals surface area contributed by atoms with Crippen LogP contribution in [0, 0.1) is 0 Å². The number of rotatable bonds is 8. The highest BCUT2D eigenvalue weighted by molar-refractivity contribution is 5.91. The van der Waals surface area contributed by atoms with Gasteiger partial charge in [0, 0.05) is 72.0 Å². The van der Waals surface area contributed by atoms with Crippen molar-refractivity contribution in [3.05, 3.63) is 0 Å². The van der Waals surface area contributed by atoms with Crippen molar-refractivity contribution in [3.8, 4) is 0 Å². The molecule has 14 heteroatoms. The molecule has 9 rings (SSSR count). The van der Waals surface area contributed by atoms with E-state index in [1.807, 2.05) is 0 Å². The number of hydroxylamine groups is 4. The van der Waals surface area contributed by atoms with E-state index < -0.39 is 29.8 Å².